The van der Waals surface area contributed by atoms with Crippen molar-refractivity contribution in [2.24, 2.45) is 0 Å². The average Bonchev–Trinajstić information content (AvgIpc) is 3.22. The summed E-state index contributed by atoms with van der Waals surface area (Å²) in [5.41, 5.74) is 5.92. The lowest BCUT2D eigenvalue weighted by Gasteiger charge is -2.11. The van der Waals surface area contributed by atoms with E-state index in [-0.39, 0.29) is 0 Å². The van der Waals surface area contributed by atoms with E-state index >= 15 is 0 Å². The summed E-state index contributed by atoms with van der Waals surface area (Å²) in [4.78, 5) is 14.4. The van der Waals surface area contributed by atoms with Crippen LogP contribution in [0.4, 0.5) is 0 Å². The van der Waals surface area contributed by atoms with Crippen molar-refractivity contribution >= 4 is 32.8 Å². The summed E-state index contributed by atoms with van der Waals surface area (Å²) in [5.74, 6) is 0.910. The molecule has 3 aromatic heterocycles. The maximum absolute atomic E-state index is 5.13. The van der Waals surface area contributed by atoms with E-state index in [9.17, 15) is 0 Å². The van der Waals surface area contributed by atoms with Crippen LogP contribution in [0.1, 0.15) is 0 Å². The molecule has 0 saturated heterocycles. The Morgan fingerprint density at radius 3 is 1.90 bits per heavy atom. The first-order valence-electron chi connectivity index (χ1n) is 9.56. The Kier molecular flexibility index (Phi) is 3.43. The Labute approximate surface area is 167 Å². The standard InChI is InChI=1S/C25H16N4/c1-3-9-17(10-4-1)25-28-23-19-13-7-15-26-21(19)22-20(14-8-16-27-22)24(23)29(25)18-11-5-2-6-12-18/h1-16H. The molecule has 0 radical (unpaired) electrons. The number of hydrogen-bond donors (Lipinski definition) is 0. The molecule has 3 heterocycles. The van der Waals surface area contributed by atoms with Crippen LogP contribution in [-0.4, -0.2) is 19.5 Å². The van der Waals surface area contributed by atoms with Gasteiger partial charge in [0.25, 0.3) is 0 Å². The van der Waals surface area contributed by atoms with E-state index in [1.54, 1.807) is 0 Å². The quantitative estimate of drug-likeness (QED) is 0.361. The molecule has 0 amide bonds. The Morgan fingerprint density at radius 2 is 1.17 bits per heavy atom. The molecule has 6 rings (SSSR count). The lowest BCUT2D eigenvalue weighted by atomic mass is 10.1. The van der Waals surface area contributed by atoms with E-state index in [0.29, 0.717) is 0 Å². The number of nitrogens with zero attached hydrogens (tertiary/aromatic N) is 4. The topological polar surface area (TPSA) is 43.6 Å². The van der Waals surface area contributed by atoms with Gasteiger partial charge in [-0.25, -0.2) is 4.98 Å². The third kappa shape index (κ3) is 2.36. The first kappa shape index (κ1) is 16.0. The van der Waals surface area contributed by atoms with Crippen LogP contribution in [0, 0.1) is 0 Å². The lowest BCUT2D eigenvalue weighted by Crippen LogP contribution is -1.98. The van der Waals surface area contributed by atoms with Crippen molar-refractivity contribution in [2.75, 3.05) is 0 Å². The minimum Gasteiger partial charge on any atom is -0.292 e. The van der Waals surface area contributed by atoms with Gasteiger partial charge in [0.2, 0.25) is 0 Å². The largest absolute Gasteiger partial charge is 0.292 e. The Bertz CT molecular complexity index is 1490. The van der Waals surface area contributed by atoms with Crippen molar-refractivity contribution in [3.63, 3.8) is 0 Å². The summed E-state index contributed by atoms with van der Waals surface area (Å²) in [6.45, 7) is 0. The second-order valence-corrected chi connectivity index (χ2v) is 6.97. The summed E-state index contributed by atoms with van der Waals surface area (Å²) in [6.07, 6.45) is 3.64. The normalized spacial score (nSPS) is 11.4. The van der Waals surface area contributed by atoms with E-state index < -0.39 is 0 Å². The summed E-state index contributed by atoms with van der Waals surface area (Å²) < 4.78 is 2.24. The number of benzene rings is 3. The third-order valence-electron chi connectivity index (χ3n) is 5.27. The fraction of sp³-hybridized carbons (Fsp3) is 0. The van der Waals surface area contributed by atoms with Gasteiger partial charge in [0, 0.05) is 34.4 Å². The molecule has 0 unspecified atom stereocenters. The molecule has 0 fully saturated rings. The molecule has 0 N–H and O–H groups in total. The van der Waals surface area contributed by atoms with Gasteiger partial charge in [-0.1, -0.05) is 48.5 Å². The fourth-order valence-corrected chi connectivity index (χ4v) is 4.04. The molecule has 0 bridgehead atoms. The van der Waals surface area contributed by atoms with Crippen LogP contribution >= 0.6 is 0 Å². The van der Waals surface area contributed by atoms with Crippen molar-refractivity contribution < 1.29 is 0 Å². The number of aromatic nitrogens is 4. The molecule has 0 aliphatic rings. The van der Waals surface area contributed by atoms with Crippen LogP contribution in [0.5, 0.6) is 0 Å². The van der Waals surface area contributed by atoms with Gasteiger partial charge in [0.1, 0.15) is 5.82 Å². The smallest absolute Gasteiger partial charge is 0.145 e. The van der Waals surface area contributed by atoms with E-state index in [1.807, 2.05) is 48.8 Å². The molecule has 29 heavy (non-hydrogen) atoms. The number of rotatable bonds is 2. The summed E-state index contributed by atoms with van der Waals surface area (Å²) in [5, 5.41) is 2.06. The van der Waals surface area contributed by atoms with Crippen molar-refractivity contribution in [2.45, 2.75) is 0 Å². The molecule has 4 heteroatoms. The molecular weight excluding hydrogens is 356 g/mol. The van der Waals surface area contributed by atoms with Crippen LogP contribution < -0.4 is 0 Å². The zero-order chi connectivity index (χ0) is 19.2. The highest BCUT2D eigenvalue weighted by Gasteiger charge is 2.20. The SMILES string of the molecule is c1ccc(-c2nc3c4cccnc4c4ncccc4c3n2-c2ccccc2)cc1. The number of fused-ring (bicyclic) bond motifs is 6. The lowest BCUT2D eigenvalue weighted by molar-refractivity contribution is 1.11. The monoisotopic (exact) mass is 372 g/mol. The highest BCUT2D eigenvalue weighted by atomic mass is 15.1. The van der Waals surface area contributed by atoms with Crippen LogP contribution in [0.2, 0.25) is 0 Å². The highest BCUT2D eigenvalue weighted by molar-refractivity contribution is 6.21. The van der Waals surface area contributed by atoms with Gasteiger partial charge >= 0.3 is 0 Å². The highest BCUT2D eigenvalue weighted by Crippen LogP contribution is 2.37. The minimum absolute atomic E-state index is 0.882. The number of imidazole rings is 1. The van der Waals surface area contributed by atoms with Crippen LogP contribution in [0.25, 0.3) is 49.9 Å². The molecular formula is C25H16N4. The van der Waals surface area contributed by atoms with Gasteiger partial charge in [-0.05, 0) is 36.4 Å². The van der Waals surface area contributed by atoms with E-state index in [1.165, 1.54) is 0 Å². The van der Waals surface area contributed by atoms with Gasteiger partial charge < -0.3 is 0 Å². The first-order chi connectivity index (χ1) is 14.4. The van der Waals surface area contributed by atoms with Crippen LogP contribution in [-0.2, 0) is 0 Å². The van der Waals surface area contributed by atoms with Crippen LogP contribution in [0.15, 0.2) is 97.3 Å². The molecule has 3 aromatic carbocycles. The second kappa shape index (κ2) is 6.24. The third-order valence-corrected chi connectivity index (χ3v) is 5.27. The predicted octanol–water partition coefficient (Wildman–Crippen LogP) is 5.79. The Hall–Kier alpha value is -4.05. The Morgan fingerprint density at radius 1 is 0.552 bits per heavy atom. The molecule has 0 atom stereocenters. The first-order valence-corrected chi connectivity index (χ1v) is 9.56. The number of hydrogen-bond acceptors (Lipinski definition) is 3. The number of para-hydroxylation sites is 1. The zero-order valence-corrected chi connectivity index (χ0v) is 15.5. The average molecular weight is 372 g/mol. The molecule has 0 aliphatic heterocycles. The van der Waals surface area contributed by atoms with Crippen molar-refractivity contribution in [1.82, 2.24) is 19.5 Å². The predicted molar refractivity (Wildman–Crippen MR) is 117 cm³/mol. The summed E-state index contributed by atoms with van der Waals surface area (Å²) in [6, 6.07) is 28.8. The molecule has 0 saturated carbocycles. The van der Waals surface area contributed by atoms with Gasteiger partial charge in [-0.15, -0.1) is 0 Å². The maximum Gasteiger partial charge on any atom is 0.145 e. The van der Waals surface area contributed by atoms with Gasteiger partial charge in [-0.2, -0.15) is 0 Å². The summed E-state index contributed by atoms with van der Waals surface area (Å²) in [7, 11) is 0. The van der Waals surface area contributed by atoms with E-state index in [2.05, 4.69) is 63.1 Å². The maximum atomic E-state index is 5.13. The van der Waals surface area contributed by atoms with Crippen molar-refractivity contribution in [1.29, 1.82) is 0 Å². The zero-order valence-electron chi connectivity index (χ0n) is 15.5. The fourth-order valence-electron chi connectivity index (χ4n) is 4.04. The van der Waals surface area contributed by atoms with E-state index in [4.69, 9.17) is 4.98 Å². The Balaban J connectivity index is 1.90. The molecule has 4 nitrogen and oxygen atoms in total. The summed E-state index contributed by atoms with van der Waals surface area (Å²) >= 11 is 0. The molecule has 0 spiro atoms. The van der Waals surface area contributed by atoms with E-state index in [0.717, 1.165) is 49.9 Å². The van der Waals surface area contributed by atoms with Gasteiger partial charge in [0.05, 0.1) is 22.1 Å². The number of pyridine rings is 2. The van der Waals surface area contributed by atoms with Gasteiger partial charge in [-0.3, -0.25) is 14.5 Å². The minimum atomic E-state index is 0.882. The van der Waals surface area contributed by atoms with Crippen molar-refractivity contribution in [3.05, 3.63) is 97.3 Å². The molecule has 6 aromatic rings. The van der Waals surface area contributed by atoms with Gasteiger partial charge in [0.15, 0.2) is 0 Å². The molecule has 0 aliphatic carbocycles. The second-order valence-electron chi connectivity index (χ2n) is 6.97. The van der Waals surface area contributed by atoms with Crippen molar-refractivity contribution in [3.8, 4) is 17.1 Å². The van der Waals surface area contributed by atoms with Crippen LogP contribution in [0.3, 0.4) is 0 Å². The molecule has 136 valence electrons.